The molecule has 1 N–H and O–H groups in total. The lowest BCUT2D eigenvalue weighted by Crippen LogP contribution is -2.51. The van der Waals surface area contributed by atoms with Crippen molar-refractivity contribution in [3.63, 3.8) is 0 Å². The molecule has 0 aromatic heterocycles. The van der Waals surface area contributed by atoms with Crippen LogP contribution in [0.15, 0.2) is 24.3 Å². The molecule has 1 aromatic carbocycles. The van der Waals surface area contributed by atoms with Gasteiger partial charge in [-0.2, -0.15) is 0 Å². The molecule has 25 heavy (non-hydrogen) atoms. The molecule has 0 unspecified atom stereocenters. The predicted molar refractivity (Wildman–Crippen MR) is 90.3 cm³/mol. The molecule has 5 heteroatoms. The second kappa shape index (κ2) is 6.43. The number of amides is 1. The molecular formula is C20H24FNO3. The van der Waals surface area contributed by atoms with Crippen LogP contribution in [0.2, 0.25) is 0 Å². The number of nitrogens with one attached hydrogen (secondary N) is 1. The van der Waals surface area contributed by atoms with E-state index in [4.69, 9.17) is 4.74 Å². The van der Waals surface area contributed by atoms with Crippen molar-refractivity contribution < 1.29 is 18.7 Å². The molecular weight excluding hydrogens is 321 g/mol. The highest BCUT2D eigenvalue weighted by atomic mass is 19.1. The number of esters is 1. The fourth-order valence-corrected chi connectivity index (χ4v) is 5.67. The molecule has 4 aliphatic rings. The predicted octanol–water partition coefficient (Wildman–Crippen LogP) is 3.32. The summed E-state index contributed by atoms with van der Waals surface area (Å²) >= 11 is 0. The van der Waals surface area contributed by atoms with Crippen LogP contribution >= 0.6 is 0 Å². The summed E-state index contributed by atoms with van der Waals surface area (Å²) in [4.78, 5) is 23.9. The summed E-state index contributed by atoms with van der Waals surface area (Å²) in [6.45, 7) is 0.370. The Hall–Kier alpha value is -1.91. The van der Waals surface area contributed by atoms with Gasteiger partial charge in [0, 0.05) is 6.54 Å². The van der Waals surface area contributed by atoms with E-state index in [0.717, 1.165) is 23.8 Å². The number of hydrogen-bond acceptors (Lipinski definition) is 3. The van der Waals surface area contributed by atoms with E-state index in [1.54, 1.807) is 0 Å². The van der Waals surface area contributed by atoms with Crippen molar-refractivity contribution in [2.45, 2.75) is 38.5 Å². The van der Waals surface area contributed by atoms with Crippen LogP contribution < -0.4 is 5.32 Å². The summed E-state index contributed by atoms with van der Waals surface area (Å²) in [6, 6.07) is 5.28. The molecule has 1 aromatic rings. The standard InChI is InChI=1S/C20H24FNO3/c21-17-3-1-2-16(7-17)19(24)25-11-18(23)22-12-20-8-13-4-14(9-20)6-15(5-13)10-20/h1-3,7,13-15H,4-6,8-12H2,(H,22,23). The quantitative estimate of drug-likeness (QED) is 0.833. The normalized spacial score (nSPS) is 32.4. The van der Waals surface area contributed by atoms with Crippen molar-refractivity contribution >= 4 is 11.9 Å². The van der Waals surface area contributed by atoms with Crippen LogP contribution in [0.1, 0.15) is 48.9 Å². The van der Waals surface area contributed by atoms with E-state index < -0.39 is 11.8 Å². The number of carbonyl (C=O) groups is 2. The first-order valence-electron chi connectivity index (χ1n) is 9.21. The lowest BCUT2D eigenvalue weighted by Gasteiger charge is -2.56. The van der Waals surface area contributed by atoms with Crippen LogP contribution in [-0.2, 0) is 9.53 Å². The zero-order chi connectivity index (χ0) is 17.4. The van der Waals surface area contributed by atoms with Crippen LogP contribution in [0.25, 0.3) is 0 Å². The topological polar surface area (TPSA) is 55.4 Å². The molecule has 5 rings (SSSR count). The van der Waals surface area contributed by atoms with Gasteiger partial charge in [0.2, 0.25) is 0 Å². The summed E-state index contributed by atoms with van der Waals surface area (Å²) in [5.41, 5.74) is 0.380. The van der Waals surface area contributed by atoms with Crippen LogP contribution in [0.5, 0.6) is 0 Å². The highest BCUT2D eigenvalue weighted by molar-refractivity contribution is 5.91. The number of hydrogen-bond donors (Lipinski definition) is 1. The maximum absolute atomic E-state index is 13.1. The average Bonchev–Trinajstić information content (AvgIpc) is 2.57. The monoisotopic (exact) mass is 345 g/mol. The smallest absolute Gasteiger partial charge is 0.338 e. The number of ether oxygens (including phenoxy) is 1. The minimum absolute atomic E-state index is 0.119. The fraction of sp³-hybridized carbons (Fsp3) is 0.600. The number of benzene rings is 1. The van der Waals surface area contributed by atoms with Gasteiger partial charge in [0.1, 0.15) is 5.82 Å². The maximum atomic E-state index is 13.1. The first kappa shape index (κ1) is 16.6. The van der Waals surface area contributed by atoms with Gasteiger partial charge in [-0.3, -0.25) is 4.79 Å². The third kappa shape index (κ3) is 3.55. The zero-order valence-electron chi connectivity index (χ0n) is 14.3. The lowest BCUT2D eigenvalue weighted by atomic mass is 9.49. The van der Waals surface area contributed by atoms with Crippen molar-refractivity contribution in [3.8, 4) is 0 Å². The van der Waals surface area contributed by atoms with Crippen LogP contribution in [0.3, 0.4) is 0 Å². The Kier molecular flexibility index (Phi) is 4.26. The van der Waals surface area contributed by atoms with E-state index in [2.05, 4.69) is 5.32 Å². The minimum atomic E-state index is -0.676. The van der Waals surface area contributed by atoms with Gasteiger partial charge >= 0.3 is 5.97 Å². The van der Waals surface area contributed by atoms with E-state index in [0.29, 0.717) is 6.54 Å². The van der Waals surface area contributed by atoms with Gasteiger partial charge in [0.05, 0.1) is 5.56 Å². The molecule has 4 bridgehead atoms. The molecule has 0 atom stereocenters. The Labute approximate surface area is 147 Å². The Morgan fingerprint density at radius 2 is 1.76 bits per heavy atom. The van der Waals surface area contributed by atoms with Gasteiger partial charge in [-0.05, 0) is 79.9 Å². The number of rotatable bonds is 5. The van der Waals surface area contributed by atoms with Crippen molar-refractivity contribution in [2.75, 3.05) is 13.2 Å². The minimum Gasteiger partial charge on any atom is -0.452 e. The van der Waals surface area contributed by atoms with E-state index in [1.807, 2.05) is 0 Å². The molecule has 0 radical (unpaired) electrons. The van der Waals surface area contributed by atoms with Crippen LogP contribution in [0.4, 0.5) is 4.39 Å². The summed E-state index contributed by atoms with van der Waals surface area (Å²) < 4.78 is 18.1. The van der Waals surface area contributed by atoms with E-state index in [-0.39, 0.29) is 23.5 Å². The van der Waals surface area contributed by atoms with E-state index in [1.165, 1.54) is 56.7 Å². The first-order chi connectivity index (χ1) is 12.0. The van der Waals surface area contributed by atoms with Crippen molar-refractivity contribution in [1.29, 1.82) is 0 Å². The third-order valence-electron chi connectivity index (χ3n) is 6.22. The Balaban J connectivity index is 1.26. The van der Waals surface area contributed by atoms with Gasteiger partial charge < -0.3 is 10.1 Å². The molecule has 0 heterocycles. The van der Waals surface area contributed by atoms with Crippen molar-refractivity contribution in [1.82, 2.24) is 5.32 Å². The maximum Gasteiger partial charge on any atom is 0.338 e. The largest absolute Gasteiger partial charge is 0.452 e. The highest BCUT2D eigenvalue weighted by Crippen LogP contribution is 2.59. The molecule has 0 spiro atoms. The van der Waals surface area contributed by atoms with Gasteiger partial charge in [0.15, 0.2) is 6.61 Å². The molecule has 4 saturated carbocycles. The van der Waals surface area contributed by atoms with Gasteiger partial charge in [-0.25, -0.2) is 9.18 Å². The summed E-state index contributed by atoms with van der Waals surface area (Å²) in [7, 11) is 0. The molecule has 0 saturated heterocycles. The highest BCUT2D eigenvalue weighted by Gasteiger charge is 2.50. The third-order valence-corrected chi connectivity index (χ3v) is 6.22. The van der Waals surface area contributed by atoms with E-state index in [9.17, 15) is 14.0 Å². The second-order valence-corrected chi connectivity index (χ2v) is 8.28. The molecule has 4 aliphatic carbocycles. The fourth-order valence-electron chi connectivity index (χ4n) is 5.67. The lowest BCUT2D eigenvalue weighted by molar-refractivity contribution is -0.126. The van der Waals surface area contributed by atoms with Crippen LogP contribution in [0, 0.1) is 29.0 Å². The van der Waals surface area contributed by atoms with Crippen LogP contribution in [-0.4, -0.2) is 25.0 Å². The zero-order valence-corrected chi connectivity index (χ0v) is 14.3. The van der Waals surface area contributed by atoms with Crippen molar-refractivity contribution in [3.05, 3.63) is 35.6 Å². The molecule has 4 fully saturated rings. The number of carbonyl (C=O) groups excluding carboxylic acids is 2. The summed E-state index contributed by atoms with van der Waals surface area (Å²) in [5, 5.41) is 2.97. The molecule has 0 aliphatic heterocycles. The molecule has 134 valence electrons. The second-order valence-electron chi connectivity index (χ2n) is 8.28. The van der Waals surface area contributed by atoms with Crippen molar-refractivity contribution in [2.24, 2.45) is 23.2 Å². The van der Waals surface area contributed by atoms with E-state index >= 15 is 0 Å². The van der Waals surface area contributed by atoms with Gasteiger partial charge in [-0.15, -0.1) is 0 Å². The molecule has 4 nitrogen and oxygen atoms in total. The molecule has 1 amide bonds. The first-order valence-corrected chi connectivity index (χ1v) is 9.21. The van der Waals surface area contributed by atoms with Gasteiger partial charge in [0.25, 0.3) is 5.91 Å². The summed E-state index contributed by atoms with van der Waals surface area (Å²) in [5.74, 6) is 1.07. The number of halogens is 1. The average molecular weight is 345 g/mol. The Morgan fingerprint density at radius 3 is 2.36 bits per heavy atom. The SMILES string of the molecule is O=C(COC(=O)c1cccc(F)c1)NCC12CC3CC(CC(C3)C1)C2. The Morgan fingerprint density at radius 1 is 1.12 bits per heavy atom. The summed E-state index contributed by atoms with van der Waals surface area (Å²) in [6.07, 6.45) is 7.79. The Bertz CT molecular complexity index is 652. The van der Waals surface area contributed by atoms with Gasteiger partial charge in [-0.1, -0.05) is 6.07 Å².